The van der Waals surface area contributed by atoms with Crippen molar-refractivity contribution < 1.29 is 29.1 Å². The van der Waals surface area contributed by atoms with Crippen LogP contribution in [0.2, 0.25) is 0 Å². The van der Waals surface area contributed by atoms with Gasteiger partial charge in [-0.1, -0.05) is 39.2 Å². The van der Waals surface area contributed by atoms with E-state index in [0.717, 1.165) is 63.0 Å². The number of carbonyl (C=O) groups is 5. The Bertz CT molecular complexity index is 1120. The normalized spacial score (nSPS) is 17.3. The van der Waals surface area contributed by atoms with Gasteiger partial charge in [0.2, 0.25) is 17.7 Å². The molecule has 1 aromatic carbocycles. The number of hydrazine groups is 1. The summed E-state index contributed by atoms with van der Waals surface area (Å²) in [6, 6.07) is 6.40. The van der Waals surface area contributed by atoms with Crippen LogP contribution in [0.4, 0.5) is 5.69 Å². The maximum atomic E-state index is 13.7. The number of unbranched alkanes of at least 4 members (excludes halogenated alkanes) is 2. The van der Waals surface area contributed by atoms with E-state index in [2.05, 4.69) is 29.9 Å². The fraction of sp³-hybridized carbons (Fsp3) is 0.667. The van der Waals surface area contributed by atoms with E-state index < -0.39 is 23.7 Å². The van der Waals surface area contributed by atoms with E-state index in [1.807, 2.05) is 0 Å². The van der Waals surface area contributed by atoms with Gasteiger partial charge in [0.1, 0.15) is 0 Å². The molecule has 2 aliphatic heterocycles. The molecule has 0 unspecified atom stereocenters. The number of likely N-dealkylation sites (tertiary alicyclic amines) is 1. The minimum Gasteiger partial charge on any atom is -0.481 e. The molecule has 0 aromatic heterocycles. The average Bonchev–Trinajstić information content (AvgIpc) is 3.01. The number of amides is 4. The Hall–Kier alpha value is -3.31. The lowest BCUT2D eigenvalue weighted by Crippen LogP contribution is -2.53. The molecule has 3 rings (SSSR count). The average molecular weight is 614 g/mol. The van der Waals surface area contributed by atoms with Crippen LogP contribution in [0.1, 0.15) is 101 Å². The molecule has 2 aliphatic rings. The summed E-state index contributed by atoms with van der Waals surface area (Å²) in [5, 5.41) is 16.2. The number of carbonyl (C=O) groups excluding carboxylic acids is 4. The number of imide groups is 1. The van der Waals surface area contributed by atoms with E-state index >= 15 is 0 Å². The van der Waals surface area contributed by atoms with Crippen LogP contribution in [-0.4, -0.2) is 77.3 Å². The molecule has 0 radical (unpaired) electrons. The number of carboxylic acids is 1. The highest BCUT2D eigenvalue weighted by molar-refractivity contribution is 6.06. The van der Waals surface area contributed by atoms with Crippen molar-refractivity contribution in [2.24, 2.45) is 17.8 Å². The van der Waals surface area contributed by atoms with Gasteiger partial charge in [0.15, 0.2) is 0 Å². The van der Waals surface area contributed by atoms with Crippen LogP contribution >= 0.6 is 0 Å². The fourth-order valence-electron chi connectivity index (χ4n) is 5.87. The van der Waals surface area contributed by atoms with Crippen molar-refractivity contribution in [2.45, 2.75) is 90.9 Å². The van der Waals surface area contributed by atoms with Gasteiger partial charge >= 0.3 is 5.97 Å². The van der Waals surface area contributed by atoms with Crippen LogP contribution in [0.25, 0.3) is 0 Å². The van der Waals surface area contributed by atoms with Crippen molar-refractivity contribution in [3.63, 3.8) is 0 Å². The standard InChI is InChI=1S/C33H51N5O6/c1-24(2)8-4-3-5-12-29(39)36-28-11-6-9-26(22-28)32(43)38(35-20-17-31(41)42)33(44)27-10-7-21-37(23-27)30(40)14-13-25-15-18-34-19-16-25/h6,9,11,22,24-25,27,34-35H,3-5,7-8,10,12-21,23H2,1-2H3,(H,36,39)(H,41,42)/t27-/m1/s1. The van der Waals surface area contributed by atoms with Crippen molar-refractivity contribution in [3.8, 4) is 0 Å². The lowest BCUT2D eigenvalue weighted by molar-refractivity contribution is -0.142. The van der Waals surface area contributed by atoms with Crippen LogP contribution < -0.4 is 16.1 Å². The first kappa shape index (κ1) is 35.2. The zero-order valence-corrected chi connectivity index (χ0v) is 26.4. The van der Waals surface area contributed by atoms with E-state index in [1.165, 1.54) is 6.07 Å². The summed E-state index contributed by atoms with van der Waals surface area (Å²) in [6.07, 6.45) is 8.66. The molecule has 0 spiro atoms. The molecular weight excluding hydrogens is 562 g/mol. The predicted molar refractivity (Wildman–Crippen MR) is 169 cm³/mol. The van der Waals surface area contributed by atoms with Crippen molar-refractivity contribution >= 4 is 35.3 Å². The van der Waals surface area contributed by atoms with E-state index in [4.69, 9.17) is 5.11 Å². The van der Waals surface area contributed by atoms with E-state index in [1.54, 1.807) is 23.1 Å². The van der Waals surface area contributed by atoms with Crippen molar-refractivity contribution in [3.05, 3.63) is 29.8 Å². The van der Waals surface area contributed by atoms with Gasteiger partial charge in [0, 0.05) is 43.7 Å². The molecule has 11 heteroatoms. The molecule has 2 fully saturated rings. The number of anilines is 1. The molecule has 1 atom stereocenters. The van der Waals surface area contributed by atoms with Crippen molar-refractivity contribution in [2.75, 3.05) is 38.0 Å². The second-order valence-corrected chi connectivity index (χ2v) is 12.6. The number of benzene rings is 1. The molecule has 0 bridgehead atoms. The molecule has 0 aliphatic carbocycles. The monoisotopic (exact) mass is 613 g/mol. The first-order valence-electron chi connectivity index (χ1n) is 16.4. The number of carboxylic acid groups (broad SMARTS) is 1. The van der Waals surface area contributed by atoms with Crippen LogP contribution in [-0.2, 0) is 19.2 Å². The van der Waals surface area contributed by atoms with Gasteiger partial charge in [-0.25, -0.2) is 10.4 Å². The summed E-state index contributed by atoms with van der Waals surface area (Å²) in [5.74, 6) is -1.72. The maximum absolute atomic E-state index is 13.7. The molecule has 2 saturated heterocycles. The van der Waals surface area contributed by atoms with E-state index in [0.29, 0.717) is 49.8 Å². The van der Waals surface area contributed by atoms with E-state index in [9.17, 15) is 24.0 Å². The third-order valence-corrected chi connectivity index (χ3v) is 8.46. The van der Waals surface area contributed by atoms with Gasteiger partial charge in [-0.15, -0.1) is 0 Å². The molecule has 244 valence electrons. The smallest absolute Gasteiger partial charge is 0.304 e. The summed E-state index contributed by atoms with van der Waals surface area (Å²) in [5.41, 5.74) is 3.35. The number of nitrogens with zero attached hydrogens (tertiary/aromatic N) is 2. The maximum Gasteiger partial charge on any atom is 0.304 e. The quantitative estimate of drug-likeness (QED) is 0.123. The molecular formula is C33H51N5O6. The molecule has 11 nitrogen and oxygen atoms in total. The Labute approximate surface area is 261 Å². The fourth-order valence-corrected chi connectivity index (χ4v) is 5.87. The Kier molecular flexibility index (Phi) is 14.8. The molecule has 1 aromatic rings. The number of hydrogen-bond acceptors (Lipinski definition) is 7. The lowest BCUT2D eigenvalue weighted by atomic mass is 9.92. The zero-order valence-electron chi connectivity index (χ0n) is 26.4. The van der Waals surface area contributed by atoms with Crippen LogP contribution in [0.5, 0.6) is 0 Å². The largest absolute Gasteiger partial charge is 0.481 e. The highest BCUT2D eigenvalue weighted by atomic mass is 16.4. The van der Waals surface area contributed by atoms with Gasteiger partial charge in [-0.3, -0.25) is 24.0 Å². The topological polar surface area (TPSA) is 148 Å². The van der Waals surface area contributed by atoms with Crippen LogP contribution in [0, 0.1) is 17.8 Å². The Morgan fingerprint density at radius 2 is 1.80 bits per heavy atom. The van der Waals surface area contributed by atoms with Gasteiger partial charge in [0.25, 0.3) is 5.91 Å². The summed E-state index contributed by atoms with van der Waals surface area (Å²) >= 11 is 0. The number of piperidine rings is 2. The molecule has 4 amide bonds. The number of aliphatic carboxylic acids is 1. The van der Waals surface area contributed by atoms with Crippen molar-refractivity contribution in [1.82, 2.24) is 20.7 Å². The Morgan fingerprint density at radius 1 is 1.02 bits per heavy atom. The summed E-state index contributed by atoms with van der Waals surface area (Å²) in [7, 11) is 0. The van der Waals surface area contributed by atoms with Crippen molar-refractivity contribution in [1.29, 1.82) is 0 Å². The number of rotatable bonds is 16. The summed E-state index contributed by atoms with van der Waals surface area (Å²) < 4.78 is 0. The van der Waals surface area contributed by atoms with Gasteiger partial charge in [-0.2, -0.15) is 0 Å². The second kappa shape index (κ2) is 18.5. The second-order valence-electron chi connectivity index (χ2n) is 12.6. The Morgan fingerprint density at radius 3 is 2.52 bits per heavy atom. The predicted octanol–water partition coefficient (Wildman–Crippen LogP) is 4.20. The highest BCUT2D eigenvalue weighted by Gasteiger charge is 2.34. The third kappa shape index (κ3) is 12.0. The van der Waals surface area contributed by atoms with Crippen LogP contribution in [0.3, 0.4) is 0 Å². The molecule has 0 saturated carbocycles. The highest BCUT2D eigenvalue weighted by Crippen LogP contribution is 2.23. The molecule has 2 heterocycles. The van der Waals surface area contributed by atoms with Gasteiger partial charge in [-0.05, 0) is 81.6 Å². The first-order valence-corrected chi connectivity index (χ1v) is 16.4. The SMILES string of the molecule is CC(C)CCCCCC(=O)Nc1cccc(C(=O)N(NCCC(=O)O)C(=O)[C@@H]2CCCN(C(=O)CCC3CCNCC3)C2)c1. The van der Waals surface area contributed by atoms with Gasteiger partial charge < -0.3 is 20.6 Å². The zero-order chi connectivity index (χ0) is 31.9. The minimum atomic E-state index is -1.06. The van der Waals surface area contributed by atoms with E-state index in [-0.39, 0.29) is 36.9 Å². The summed E-state index contributed by atoms with van der Waals surface area (Å²) in [6.45, 7) is 7.00. The molecule has 44 heavy (non-hydrogen) atoms. The third-order valence-electron chi connectivity index (χ3n) is 8.46. The number of nitrogens with one attached hydrogen (secondary N) is 3. The summed E-state index contributed by atoms with van der Waals surface area (Å²) in [4.78, 5) is 65.8. The van der Waals surface area contributed by atoms with Gasteiger partial charge in [0.05, 0.1) is 12.3 Å². The minimum absolute atomic E-state index is 0.0288. The molecule has 4 N–H and O–H groups in total. The first-order chi connectivity index (χ1) is 21.1. The lowest BCUT2D eigenvalue weighted by Gasteiger charge is -2.35. The Balaban J connectivity index is 1.62. The number of hydrogen-bond donors (Lipinski definition) is 4. The van der Waals surface area contributed by atoms with Crippen LogP contribution in [0.15, 0.2) is 24.3 Å².